The van der Waals surface area contributed by atoms with Crippen LogP contribution in [0, 0.1) is 5.92 Å². The van der Waals surface area contributed by atoms with Crippen LogP contribution in [0.3, 0.4) is 0 Å². The zero-order valence-corrected chi connectivity index (χ0v) is 9.78. The Balaban J connectivity index is 2.06. The van der Waals surface area contributed by atoms with E-state index in [1.807, 2.05) is 7.05 Å². The summed E-state index contributed by atoms with van der Waals surface area (Å²) in [5.74, 6) is 0.102. The molecule has 1 heterocycles. The maximum absolute atomic E-state index is 10.4. The second kappa shape index (κ2) is 6.08. The summed E-state index contributed by atoms with van der Waals surface area (Å²) >= 11 is 0. The van der Waals surface area contributed by atoms with Crippen molar-refractivity contribution in [2.24, 2.45) is 5.92 Å². The number of hydrogen-bond donors (Lipinski definition) is 1. The Labute approximate surface area is 91.9 Å². The zero-order valence-electron chi connectivity index (χ0n) is 9.78. The summed E-state index contributed by atoms with van der Waals surface area (Å²) in [5, 5.41) is 8.54. The molecule has 0 amide bonds. The fourth-order valence-corrected chi connectivity index (χ4v) is 2.06. The Bertz CT molecular complexity index is 209. The molecule has 4 heteroatoms. The predicted octanol–water partition coefficient (Wildman–Crippen LogP) is 0.735. The van der Waals surface area contributed by atoms with Gasteiger partial charge < -0.3 is 14.9 Å². The minimum absolute atomic E-state index is 0.251. The van der Waals surface area contributed by atoms with E-state index in [0.29, 0.717) is 6.54 Å². The third-order valence-electron chi connectivity index (χ3n) is 3.12. The van der Waals surface area contributed by atoms with Crippen LogP contribution in [0.2, 0.25) is 0 Å². The maximum Gasteiger partial charge on any atom is 0.304 e. The molecule has 1 aliphatic heterocycles. The van der Waals surface area contributed by atoms with Gasteiger partial charge in [-0.3, -0.25) is 4.79 Å². The second-order valence-electron chi connectivity index (χ2n) is 4.65. The molecular weight excluding hydrogens is 192 g/mol. The highest BCUT2D eigenvalue weighted by molar-refractivity contribution is 5.66. The van der Waals surface area contributed by atoms with Crippen LogP contribution in [0.25, 0.3) is 0 Å². The lowest BCUT2D eigenvalue weighted by Crippen LogP contribution is -2.25. The monoisotopic (exact) mass is 214 g/mol. The van der Waals surface area contributed by atoms with Crippen LogP contribution in [0.4, 0.5) is 0 Å². The lowest BCUT2D eigenvalue weighted by Gasteiger charge is -2.18. The van der Waals surface area contributed by atoms with Gasteiger partial charge in [0.1, 0.15) is 0 Å². The molecule has 88 valence electrons. The molecule has 0 bridgehead atoms. The molecule has 15 heavy (non-hydrogen) atoms. The van der Waals surface area contributed by atoms with Crippen molar-refractivity contribution < 1.29 is 9.90 Å². The van der Waals surface area contributed by atoms with Crippen molar-refractivity contribution in [2.75, 3.05) is 40.3 Å². The van der Waals surface area contributed by atoms with E-state index in [1.54, 1.807) is 0 Å². The van der Waals surface area contributed by atoms with Gasteiger partial charge >= 0.3 is 5.97 Å². The van der Waals surface area contributed by atoms with Crippen LogP contribution >= 0.6 is 0 Å². The van der Waals surface area contributed by atoms with Gasteiger partial charge in [0.15, 0.2) is 0 Å². The van der Waals surface area contributed by atoms with Gasteiger partial charge in [-0.2, -0.15) is 0 Å². The molecule has 0 aliphatic carbocycles. The fourth-order valence-electron chi connectivity index (χ4n) is 2.06. The highest BCUT2D eigenvalue weighted by Gasteiger charge is 2.19. The maximum atomic E-state index is 10.4. The van der Waals surface area contributed by atoms with Crippen LogP contribution in [-0.2, 0) is 4.79 Å². The summed E-state index contributed by atoms with van der Waals surface area (Å²) in [6, 6.07) is 0. The summed E-state index contributed by atoms with van der Waals surface area (Å²) < 4.78 is 0. The van der Waals surface area contributed by atoms with Crippen molar-refractivity contribution in [1.82, 2.24) is 9.80 Å². The van der Waals surface area contributed by atoms with Gasteiger partial charge in [-0.05, 0) is 45.9 Å². The standard InChI is InChI=1S/C11H22N2O2/c1-12(8-5-11(14)15)6-3-10-4-7-13(2)9-10/h10H,3-9H2,1-2H3,(H,14,15). The fraction of sp³-hybridized carbons (Fsp3) is 0.909. The van der Waals surface area contributed by atoms with Crippen molar-refractivity contribution in [2.45, 2.75) is 19.3 Å². The van der Waals surface area contributed by atoms with Crippen LogP contribution in [-0.4, -0.2) is 61.2 Å². The molecule has 1 N–H and O–H groups in total. The van der Waals surface area contributed by atoms with E-state index in [1.165, 1.54) is 25.9 Å². The van der Waals surface area contributed by atoms with E-state index in [4.69, 9.17) is 5.11 Å². The van der Waals surface area contributed by atoms with Crippen LogP contribution < -0.4 is 0 Å². The Kier molecular flexibility index (Phi) is 5.05. The molecule has 0 saturated carbocycles. The Morgan fingerprint density at radius 3 is 2.80 bits per heavy atom. The molecule has 0 aromatic carbocycles. The first-order valence-electron chi connectivity index (χ1n) is 5.67. The predicted molar refractivity (Wildman–Crippen MR) is 60.0 cm³/mol. The Hall–Kier alpha value is -0.610. The number of carbonyl (C=O) groups is 1. The number of hydrogen-bond acceptors (Lipinski definition) is 3. The lowest BCUT2D eigenvalue weighted by atomic mass is 10.1. The van der Waals surface area contributed by atoms with E-state index in [-0.39, 0.29) is 6.42 Å². The summed E-state index contributed by atoms with van der Waals surface area (Å²) in [6.07, 6.45) is 2.74. The summed E-state index contributed by atoms with van der Waals surface area (Å²) in [6.45, 7) is 4.10. The van der Waals surface area contributed by atoms with Crippen LogP contribution in [0.15, 0.2) is 0 Å². The largest absolute Gasteiger partial charge is 0.481 e. The first kappa shape index (κ1) is 12.5. The first-order chi connectivity index (χ1) is 7.08. The zero-order chi connectivity index (χ0) is 11.3. The third-order valence-corrected chi connectivity index (χ3v) is 3.12. The molecule has 0 radical (unpaired) electrons. The molecule has 1 unspecified atom stereocenters. The van der Waals surface area contributed by atoms with Crippen molar-refractivity contribution in [3.63, 3.8) is 0 Å². The van der Waals surface area contributed by atoms with E-state index >= 15 is 0 Å². The highest BCUT2D eigenvalue weighted by atomic mass is 16.4. The number of nitrogens with zero attached hydrogens (tertiary/aromatic N) is 2. The second-order valence-corrected chi connectivity index (χ2v) is 4.65. The van der Waals surface area contributed by atoms with E-state index in [9.17, 15) is 4.79 Å². The number of carboxylic acid groups (broad SMARTS) is 1. The van der Waals surface area contributed by atoms with Gasteiger partial charge in [0.25, 0.3) is 0 Å². The molecule has 1 aliphatic rings. The average Bonchev–Trinajstić information content (AvgIpc) is 2.58. The minimum Gasteiger partial charge on any atom is -0.481 e. The van der Waals surface area contributed by atoms with E-state index in [2.05, 4.69) is 16.8 Å². The van der Waals surface area contributed by atoms with Crippen molar-refractivity contribution in [3.05, 3.63) is 0 Å². The van der Waals surface area contributed by atoms with Crippen molar-refractivity contribution in [1.29, 1.82) is 0 Å². The SMILES string of the molecule is CN(CCC(=O)O)CCC1CCN(C)C1. The number of rotatable bonds is 6. The van der Waals surface area contributed by atoms with Gasteiger partial charge in [-0.25, -0.2) is 0 Å². The number of likely N-dealkylation sites (tertiary alicyclic amines) is 1. The van der Waals surface area contributed by atoms with Gasteiger partial charge in [0.2, 0.25) is 0 Å². The normalized spacial score (nSPS) is 22.5. The van der Waals surface area contributed by atoms with Gasteiger partial charge in [0, 0.05) is 13.1 Å². The van der Waals surface area contributed by atoms with Gasteiger partial charge in [0.05, 0.1) is 6.42 Å². The van der Waals surface area contributed by atoms with Crippen LogP contribution in [0.5, 0.6) is 0 Å². The Morgan fingerprint density at radius 1 is 1.53 bits per heavy atom. The molecular formula is C11H22N2O2. The van der Waals surface area contributed by atoms with E-state index < -0.39 is 5.97 Å². The molecule has 0 aromatic rings. The minimum atomic E-state index is -0.706. The molecule has 1 fully saturated rings. The Morgan fingerprint density at radius 2 is 2.27 bits per heavy atom. The summed E-state index contributed by atoms with van der Waals surface area (Å²) in [5.41, 5.74) is 0. The van der Waals surface area contributed by atoms with Crippen molar-refractivity contribution in [3.8, 4) is 0 Å². The lowest BCUT2D eigenvalue weighted by molar-refractivity contribution is -0.137. The first-order valence-corrected chi connectivity index (χ1v) is 5.67. The smallest absolute Gasteiger partial charge is 0.304 e. The highest BCUT2D eigenvalue weighted by Crippen LogP contribution is 2.17. The number of carboxylic acids is 1. The summed E-state index contributed by atoms with van der Waals surface area (Å²) in [4.78, 5) is 14.9. The molecule has 1 atom stereocenters. The van der Waals surface area contributed by atoms with Gasteiger partial charge in [-0.1, -0.05) is 0 Å². The van der Waals surface area contributed by atoms with Gasteiger partial charge in [-0.15, -0.1) is 0 Å². The topological polar surface area (TPSA) is 43.8 Å². The quantitative estimate of drug-likeness (QED) is 0.708. The molecule has 1 rings (SSSR count). The average molecular weight is 214 g/mol. The van der Waals surface area contributed by atoms with Crippen LogP contribution in [0.1, 0.15) is 19.3 Å². The molecule has 0 spiro atoms. The molecule has 4 nitrogen and oxygen atoms in total. The number of aliphatic carboxylic acids is 1. The molecule has 1 saturated heterocycles. The van der Waals surface area contributed by atoms with E-state index in [0.717, 1.165) is 12.5 Å². The van der Waals surface area contributed by atoms with Crippen molar-refractivity contribution >= 4 is 5.97 Å². The molecule has 0 aromatic heterocycles. The third kappa shape index (κ3) is 5.14. The summed E-state index contributed by atoms with van der Waals surface area (Å²) in [7, 11) is 4.16.